The van der Waals surface area contributed by atoms with Gasteiger partial charge in [0.15, 0.2) is 5.01 Å². The molecule has 134 valence electrons. The Hall–Kier alpha value is -3.05. The van der Waals surface area contributed by atoms with Gasteiger partial charge < -0.3 is 4.90 Å². The van der Waals surface area contributed by atoms with Crippen LogP contribution in [0.3, 0.4) is 0 Å². The fourth-order valence-corrected chi connectivity index (χ4v) is 3.88. The number of pyridine rings is 1. The number of hydrogen-bond acceptors (Lipinski definition) is 4. The van der Waals surface area contributed by atoms with Crippen molar-refractivity contribution in [3.05, 3.63) is 95.3 Å². The molecule has 0 fully saturated rings. The number of benzene rings is 2. The fourth-order valence-electron chi connectivity index (χ4n) is 2.95. The van der Waals surface area contributed by atoms with E-state index in [0.29, 0.717) is 18.1 Å². The molecular formula is C22H19N3OS. The third-order valence-electron chi connectivity index (χ3n) is 4.36. The Morgan fingerprint density at radius 3 is 2.48 bits per heavy atom. The third-order valence-corrected chi connectivity index (χ3v) is 5.38. The lowest BCUT2D eigenvalue weighted by atomic mass is 10.1. The predicted molar refractivity (Wildman–Crippen MR) is 109 cm³/mol. The van der Waals surface area contributed by atoms with Crippen LogP contribution in [0.5, 0.6) is 0 Å². The second kappa shape index (κ2) is 8.10. The average molecular weight is 373 g/mol. The summed E-state index contributed by atoms with van der Waals surface area (Å²) in [6.07, 6.45) is 2.55. The number of thiazole rings is 1. The van der Waals surface area contributed by atoms with Gasteiger partial charge in [-0.1, -0.05) is 48.5 Å². The van der Waals surface area contributed by atoms with Crippen LogP contribution in [-0.2, 0) is 13.0 Å². The summed E-state index contributed by atoms with van der Waals surface area (Å²) >= 11 is 1.44. The monoisotopic (exact) mass is 373 g/mol. The Morgan fingerprint density at radius 2 is 1.70 bits per heavy atom. The molecule has 0 atom stereocenters. The molecule has 4 nitrogen and oxygen atoms in total. The molecule has 0 N–H and O–H groups in total. The fraction of sp³-hybridized carbons (Fsp3) is 0.136. The molecule has 0 bridgehead atoms. The number of nitrogens with zero attached hydrogens (tertiary/aromatic N) is 3. The summed E-state index contributed by atoms with van der Waals surface area (Å²) < 4.78 is 1.03. The second-order valence-electron chi connectivity index (χ2n) is 6.27. The van der Waals surface area contributed by atoms with Gasteiger partial charge in [-0.3, -0.25) is 9.78 Å². The highest BCUT2D eigenvalue weighted by Gasteiger charge is 2.20. The van der Waals surface area contributed by atoms with E-state index in [0.717, 1.165) is 22.3 Å². The van der Waals surface area contributed by atoms with E-state index in [1.165, 1.54) is 16.9 Å². The van der Waals surface area contributed by atoms with Crippen molar-refractivity contribution in [2.45, 2.75) is 13.0 Å². The van der Waals surface area contributed by atoms with Gasteiger partial charge in [0.2, 0.25) is 0 Å². The Labute approximate surface area is 162 Å². The molecule has 0 spiro atoms. The standard InChI is InChI=1S/C22H19N3OS/c26-22(21-24-19-11-4-5-12-20(19)27-21)25(16-18-10-6-7-14-23-18)15-13-17-8-2-1-3-9-17/h1-12,14H,13,15-16H2. The van der Waals surface area contributed by atoms with Crippen molar-refractivity contribution >= 4 is 27.5 Å². The summed E-state index contributed by atoms with van der Waals surface area (Å²) in [4.78, 5) is 23.9. The topological polar surface area (TPSA) is 46.1 Å². The number of carbonyl (C=O) groups is 1. The summed E-state index contributed by atoms with van der Waals surface area (Å²) in [5.74, 6) is -0.0437. The maximum Gasteiger partial charge on any atom is 0.283 e. The van der Waals surface area contributed by atoms with Crippen molar-refractivity contribution in [1.29, 1.82) is 0 Å². The predicted octanol–water partition coefficient (Wildman–Crippen LogP) is 4.58. The first-order valence-corrected chi connectivity index (χ1v) is 9.70. The first-order chi connectivity index (χ1) is 13.3. The molecule has 27 heavy (non-hydrogen) atoms. The van der Waals surface area contributed by atoms with Gasteiger partial charge in [-0.2, -0.15) is 0 Å². The maximum absolute atomic E-state index is 13.2. The van der Waals surface area contributed by atoms with Crippen molar-refractivity contribution in [2.24, 2.45) is 0 Å². The van der Waals surface area contributed by atoms with E-state index in [1.807, 2.05) is 65.6 Å². The van der Waals surface area contributed by atoms with Crippen LogP contribution in [0.4, 0.5) is 0 Å². The van der Waals surface area contributed by atoms with E-state index in [4.69, 9.17) is 0 Å². The van der Waals surface area contributed by atoms with Gasteiger partial charge in [0.1, 0.15) is 0 Å². The van der Waals surface area contributed by atoms with Crippen molar-refractivity contribution in [3.63, 3.8) is 0 Å². The van der Waals surface area contributed by atoms with Crippen LogP contribution in [0.1, 0.15) is 21.1 Å². The van der Waals surface area contributed by atoms with Crippen molar-refractivity contribution < 1.29 is 4.79 Å². The lowest BCUT2D eigenvalue weighted by molar-refractivity contribution is 0.0743. The molecule has 2 aromatic heterocycles. The zero-order chi connectivity index (χ0) is 18.5. The molecule has 0 saturated carbocycles. The number of para-hydroxylation sites is 1. The minimum absolute atomic E-state index is 0.0437. The van der Waals surface area contributed by atoms with Gasteiger partial charge >= 0.3 is 0 Å². The van der Waals surface area contributed by atoms with Crippen LogP contribution >= 0.6 is 11.3 Å². The van der Waals surface area contributed by atoms with Gasteiger partial charge in [0.05, 0.1) is 22.5 Å². The highest BCUT2D eigenvalue weighted by Crippen LogP contribution is 2.23. The SMILES string of the molecule is O=C(c1nc2ccccc2s1)N(CCc1ccccc1)Cc1ccccn1. The molecule has 2 heterocycles. The van der Waals surface area contributed by atoms with E-state index in [9.17, 15) is 4.79 Å². The number of hydrogen-bond donors (Lipinski definition) is 0. The Bertz CT molecular complexity index is 998. The van der Waals surface area contributed by atoms with Crippen molar-refractivity contribution in [3.8, 4) is 0 Å². The average Bonchev–Trinajstić information content (AvgIpc) is 3.16. The first kappa shape index (κ1) is 17.4. The second-order valence-corrected chi connectivity index (χ2v) is 7.30. The van der Waals surface area contributed by atoms with Crippen LogP contribution in [0.25, 0.3) is 10.2 Å². The molecule has 0 radical (unpaired) electrons. The van der Waals surface area contributed by atoms with Crippen LogP contribution in [0.2, 0.25) is 0 Å². The van der Waals surface area contributed by atoms with E-state index in [-0.39, 0.29) is 5.91 Å². The minimum atomic E-state index is -0.0437. The van der Waals surface area contributed by atoms with Gasteiger partial charge in [0.25, 0.3) is 5.91 Å². The number of aromatic nitrogens is 2. The van der Waals surface area contributed by atoms with Gasteiger partial charge in [-0.05, 0) is 36.2 Å². The lowest BCUT2D eigenvalue weighted by Crippen LogP contribution is -2.32. The molecule has 0 aliphatic carbocycles. The Morgan fingerprint density at radius 1 is 0.926 bits per heavy atom. The van der Waals surface area contributed by atoms with Crippen LogP contribution in [0, 0.1) is 0 Å². The summed E-state index contributed by atoms with van der Waals surface area (Å²) in [7, 11) is 0. The van der Waals surface area contributed by atoms with E-state index in [2.05, 4.69) is 22.1 Å². The van der Waals surface area contributed by atoms with Crippen LogP contribution in [-0.4, -0.2) is 27.3 Å². The van der Waals surface area contributed by atoms with E-state index in [1.54, 1.807) is 6.20 Å². The molecule has 0 aliphatic rings. The molecule has 0 unspecified atom stereocenters. The molecular weight excluding hydrogens is 354 g/mol. The number of fused-ring (bicyclic) bond motifs is 1. The smallest absolute Gasteiger partial charge is 0.283 e. The third kappa shape index (κ3) is 4.20. The van der Waals surface area contributed by atoms with Crippen LogP contribution in [0.15, 0.2) is 79.0 Å². The highest BCUT2D eigenvalue weighted by molar-refractivity contribution is 7.20. The molecule has 0 saturated heterocycles. The zero-order valence-corrected chi connectivity index (χ0v) is 15.6. The largest absolute Gasteiger partial charge is 0.330 e. The highest BCUT2D eigenvalue weighted by atomic mass is 32.1. The number of rotatable bonds is 6. The minimum Gasteiger partial charge on any atom is -0.330 e. The van der Waals surface area contributed by atoms with Gasteiger partial charge in [-0.15, -0.1) is 11.3 Å². The Kier molecular flexibility index (Phi) is 5.21. The van der Waals surface area contributed by atoms with Crippen molar-refractivity contribution in [2.75, 3.05) is 6.54 Å². The normalized spacial score (nSPS) is 10.8. The molecule has 0 aliphatic heterocycles. The quantitative estimate of drug-likeness (QED) is 0.497. The number of carbonyl (C=O) groups excluding carboxylic acids is 1. The Balaban J connectivity index is 1.58. The van der Waals surface area contributed by atoms with E-state index >= 15 is 0 Å². The summed E-state index contributed by atoms with van der Waals surface area (Å²) in [5, 5.41) is 0.528. The summed E-state index contributed by atoms with van der Waals surface area (Å²) in [6.45, 7) is 1.10. The first-order valence-electron chi connectivity index (χ1n) is 8.88. The van der Waals surface area contributed by atoms with Gasteiger partial charge in [0, 0.05) is 12.7 Å². The molecule has 5 heteroatoms. The molecule has 4 rings (SSSR count). The van der Waals surface area contributed by atoms with E-state index < -0.39 is 0 Å². The van der Waals surface area contributed by atoms with Crippen LogP contribution < -0.4 is 0 Å². The molecule has 1 amide bonds. The maximum atomic E-state index is 13.2. The van der Waals surface area contributed by atoms with Crippen molar-refractivity contribution in [1.82, 2.24) is 14.9 Å². The lowest BCUT2D eigenvalue weighted by Gasteiger charge is -2.21. The zero-order valence-electron chi connectivity index (χ0n) is 14.8. The van der Waals surface area contributed by atoms with Gasteiger partial charge in [-0.25, -0.2) is 4.98 Å². The molecule has 2 aromatic carbocycles. The summed E-state index contributed by atoms with van der Waals surface area (Å²) in [5.41, 5.74) is 2.95. The molecule has 4 aromatic rings. The number of amides is 1. The summed E-state index contributed by atoms with van der Waals surface area (Å²) in [6, 6.07) is 23.8.